The summed E-state index contributed by atoms with van der Waals surface area (Å²) in [6, 6.07) is 7.77. The van der Waals surface area contributed by atoms with E-state index in [1.165, 1.54) is 5.56 Å². The quantitative estimate of drug-likeness (QED) is 0.783. The number of hydrogen-bond donors (Lipinski definition) is 1. The van der Waals surface area contributed by atoms with E-state index in [4.69, 9.17) is 10.2 Å². The lowest BCUT2D eigenvalue weighted by atomic mass is 10.1. The van der Waals surface area contributed by atoms with Gasteiger partial charge < -0.3 is 10.2 Å². The first kappa shape index (κ1) is 13.4. The van der Waals surface area contributed by atoms with E-state index in [2.05, 4.69) is 20.5 Å². The number of aryl methyl sites for hydroxylation is 1. The molecular weight excluding hydrogens is 268 g/mol. The summed E-state index contributed by atoms with van der Waals surface area (Å²) in [6.45, 7) is 4.26. The predicted molar refractivity (Wildman–Crippen MR) is 76.2 cm³/mol. The molecule has 2 aromatic heterocycles. The van der Waals surface area contributed by atoms with Crippen LogP contribution in [0.4, 0.5) is 0 Å². The summed E-state index contributed by atoms with van der Waals surface area (Å²) in [4.78, 5) is 0. The van der Waals surface area contributed by atoms with Gasteiger partial charge in [-0.1, -0.05) is 22.9 Å². The first-order valence-electron chi connectivity index (χ1n) is 6.67. The lowest BCUT2D eigenvalue weighted by Gasteiger charge is -1.97. The van der Waals surface area contributed by atoms with Crippen molar-refractivity contribution in [3.63, 3.8) is 0 Å². The van der Waals surface area contributed by atoms with Gasteiger partial charge in [0.25, 0.3) is 0 Å². The SMILES string of the molecule is Cc1ccc(-c2nnc(Cn3cc(C(C)N)nn3)o2)cc1. The van der Waals surface area contributed by atoms with Crippen LogP contribution in [0.2, 0.25) is 0 Å². The molecular formula is C14H16N6O. The molecule has 7 heteroatoms. The van der Waals surface area contributed by atoms with E-state index >= 15 is 0 Å². The Balaban J connectivity index is 1.76. The van der Waals surface area contributed by atoms with Crippen LogP contribution in [0.1, 0.15) is 30.1 Å². The lowest BCUT2D eigenvalue weighted by molar-refractivity contribution is 0.469. The zero-order chi connectivity index (χ0) is 14.8. The van der Waals surface area contributed by atoms with E-state index in [1.54, 1.807) is 10.9 Å². The van der Waals surface area contributed by atoms with Crippen LogP contribution in [0.3, 0.4) is 0 Å². The van der Waals surface area contributed by atoms with Crippen molar-refractivity contribution in [1.29, 1.82) is 0 Å². The second-order valence-corrected chi connectivity index (χ2v) is 5.00. The van der Waals surface area contributed by atoms with E-state index < -0.39 is 0 Å². The molecule has 1 aromatic carbocycles. The number of benzene rings is 1. The summed E-state index contributed by atoms with van der Waals surface area (Å²) in [7, 11) is 0. The molecule has 0 amide bonds. The van der Waals surface area contributed by atoms with Crippen molar-refractivity contribution >= 4 is 0 Å². The molecule has 0 spiro atoms. The van der Waals surface area contributed by atoms with Gasteiger partial charge in [-0.25, -0.2) is 4.68 Å². The van der Waals surface area contributed by atoms with Crippen LogP contribution in [0.5, 0.6) is 0 Å². The Morgan fingerprint density at radius 1 is 1.19 bits per heavy atom. The largest absolute Gasteiger partial charge is 0.419 e. The van der Waals surface area contributed by atoms with Gasteiger partial charge in [0.1, 0.15) is 6.54 Å². The summed E-state index contributed by atoms with van der Waals surface area (Å²) >= 11 is 0. The van der Waals surface area contributed by atoms with E-state index in [9.17, 15) is 0 Å². The van der Waals surface area contributed by atoms with Crippen LogP contribution < -0.4 is 5.73 Å². The summed E-state index contributed by atoms with van der Waals surface area (Å²) in [6.07, 6.45) is 1.78. The molecule has 1 atom stereocenters. The molecule has 108 valence electrons. The van der Waals surface area contributed by atoms with Crippen LogP contribution in [0.15, 0.2) is 34.9 Å². The van der Waals surface area contributed by atoms with Crippen molar-refractivity contribution in [2.24, 2.45) is 5.73 Å². The number of nitrogens with two attached hydrogens (primary N) is 1. The van der Waals surface area contributed by atoms with Crippen molar-refractivity contribution in [2.75, 3.05) is 0 Å². The molecule has 3 aromatic rings. The second-order valence-electron chi connectivity index (χ2n) is 5.00. The van der Waals surface area contributed by atoms with Gasteiger partial charge in [-0.05, 0) is 26.0 Å². The first-order chi connectivity index (χ1) is 10.1. The van der Waals surface area contributed by atoms with Gasteiger partial charge in [0.15, 0.2) is 0 Å². The van der Waals surface area contributed by atoms with Gasteiger partial charge >= 0.3 is 0 Å². The molecule has 2 heterocycles. The van der Waals surface area contributed by atoms with Gasteiger partial charge in [0.2, 0.25) is 11.8 Å². The molecule has 0 aliphatic carbocycles. The third-order valence-corrected chi connectivity index (χ3v) is 3.09. The van der Waals surface area contributed by atoms with E-state index in [1.807, 2.05) is 38.1 Å². The summed E-state index contributed by atoms with van der Waals surface area (Å²) in [5.74, 6) is 0.976. The van der Waals surface area contributed by atoms with Crippen LogP contribution >= 0.6 is 0 Å². The fourth-order valence-electron chi connectivity index (χ4n) is 1.87. The molecule has 0 radical (unpaired) electrons. The third-order valence-electron chi connectivity index (χ3n) is 3.09. The molecule has 7 nitrogen and oxygen atoms in total. The third kappa shape index (κ3) is 2.97. The Bertz CT molecular complexity index is 728. The highest BCUT2D eigenvalue weighted by Gasteiger charge is 2.11. The van der Waals surface area contributed by atoms with Crippen LogP contribution in [0.25, 0.3) is 11.5 Å². The van der Waals surface area contributed by atoms with Gasteiger partial charge in [-0.3, -0.25) is 0 Å². The Kier molecular flexibility index (Phi) is 3.49. The van der Waals surface area contributed by atoms with Crippen LogP contribution in [-0.4, -0.2) is 25.2 Å². The lowest BCUT2D eigenvalue weighted by Crippen LogP contribution is -2.05. The topological polar surface area (TPSA) is 95.7 Å². The smallest absolute Gasteiger partial charge is 0.247 e. The fourth-order valence-corrected chi connectivity index (χ4v) is 1.87. The van der Waals surface area contributed by atoms with E-state index in [0.717, 1.165) is 11.3 Å². The first-order valence-corrected chi connectivity index (χ1v) is 6.67. The highest BCUT2D eigenvalue weighted by Crippen LogP contribution is 2.18. The summed E-state index contributed by atoms with van der Waals surface area (Å²) in [5.41, 5.74) is 8.56. The molecule has 3 rings (SSSR count). The van der Waals surface area contributed by atoms with Crippen LogP contribution in [-0.2, 0) is 6.54 Å². The minimum atomic E-state index is -0.149. The summed E-state index contributed by atoms with van der Waals surface area (Å²) in [5, 5.41) is 16.0. The molecule has 0 aliphatic rings. The van der Waals surface area contributed by atoms with Crippen molar-refractivity contribution < 1.29 is 4.42 Å². The Hall–Kier alpha value is -2.54. The number of nitrogens with zero attached hydrogens (tertiary/aromatic N) is 5. The zero-order valence-electron chi connectivity index (χ0n) is 11.9. The van der Waals surface area contributed by atoms with Crippen molar-refractivity contribution in [3.8, 4) is 11.5 Å². The molecule has 1 unspecified atom stereocenters. The van der Waals surface area contributed by atoms with Crippen LogP contribution in [0, 0.1) is 6.92 Å². The molecule has 21 heavy (non-hydrogen) atoms. The van der Waals surface area contributed by atoms with Crippen molar-refractivity contribution in [3.05, 3.63) is 47.6 Å². The van der Waals surface area contributed by atoms with Crippen molar-refractivity contribution in [2.45, 2.75) is 26.4 Å². The van der Waals surface area contributed by atoms with E-state index in [-0.39, 0.29) is 6.04 Å². The van der Waals surface area contributed by atoms with Gasteiger partial charge in [-0.15, -0.1) is 15.3 Å². The Morgan fingerprint density at radius 2 is 1.95 bits per heavy atom. The monoisotopic (exact) mass is 284 g/mol. The maximum absolute atomic E-state index is 5.75. The number of aromatic nitrogens is 5. The molecule has 2 N–H and O–H groups in total. The van der Waals surface area contributed by atoms with Gasteiger partial charge in [-0.2, -0.15) is 0 Å². The maximum atomic E-state index is 5.75. The molecule has 0 bridgehead atoms. The normalized spacial score (nSPS) is 12.5. The number of hydrogen-bond acceptors (Lipinski definition) is 6. The Labute approximate surface area is 121 Å². The molecule has 0 saturated carbocycles. The summed E-state index contributed by atoms with van der Waals surface area (Å²) < 4.78 is 7.27. The second kappa shape index (κ2) is 5.45. The zero-order valence-corrected chi connectivity index (χ0v) is 11.9. The fraction of sp³-hybridized carbons (Fsp3) is 0.286. The minimum Gasteiger partial charge on any atom is -0.419 e. The molecule has 0 saturated heterocycles. The van der Waals surface area contributed by atoms with Gasteiger partial charge in [0.05, 0.1) is 11.9 Å². The average molecular weight is 284 g/mol. The van der Waals surface area contributed by atoms with Gasteiger partial charge in [0, 0.05) is 11.6 Å². The Morgan fingerprint density at radius 3 is 2.62 bits per heavy atom. The average Bonchev–Trinajstić information content (AvgIpc) is 3.10. The highest BCUT2D eigenvalue weighted by molar-refractivity contribution is 5.52. The minimum absolute atomic E-state index is 0.149. The van der Waals surface area contributed by atoms with E-state index in [0.29, 0.717) is 18.3 Å². The molecule has 0 fully saturated rings. The standard InChI is InChI=1S/C14H16N6O/c1-9-3-5-11(6-4-9)14-18-17-13(21-14)8-20-7-12(10(2)15)16-19-20/h3-7,10H,8,15H2,1-2H3. The highest BCUT2D eigenvalue weighted by atomic mass is 16.4. The number of rotatable bonds is 4. The molecule has 0 aliphatic heterocycles. The van der Waals surface area contributed by atoms with Crippen molar-refractivity contribution in [1.82, 2.24) is 25.2 Å². The predicted octanol–water partition coefficient (Wildman–Crippen LogP) is 1.70. The maximum Gasteiger partial charge on any atom is 0.247 e.